The van der Waals surface area contributed by atoms with Crippen molar-refractivity contribution in [1.82, 2.24) is 20.3 Å². The topological polar surface area (TPSA) is 138 Å². The number of aliphatic carboxylic acids is 1. The van der Waals surface area contributed by atoms with Gasteiger partial charge in [-0.3, -0.25) is 9.63 Å². The number of likely N-dealkylation sites (tertiary alicyclic amines) is 1. The molecule has 2 fully saturated rings. The summed E-state index contributed by atoms with van der Waals surface area (Å²) in [6, 6.07) is -2.86. The van der Waals surface area contributed by atoms with Gasteiger partial charge in [-0.15, -0.1) is 0 Å². The van der Waals surface area contributed by atoms with Crippen LogP contribution >= 0.6 is 0 Å². The predicted octanol–water partition coefficient (Wildman–Crippen LogP) is 1.18. The maximum absolute atomic E-state index is 13.5. The Hall–Kier alpha value is -2.93. The van der Waals surface area contributed by atoms with E-state index in [1.54, 1.807) is 38.7 Å². The second-order valence-corrected chi connectivity index (χ2v) is 9.15. The summed E-state index contributed by atoms with van der Waals surface area (Å²) >= 11 is 0. The largest absolute Gasteiger partial charge is 0.477 e. The molecular formula is C20H29FN4O8. The van der Waals surface area contributed by atoms with E-state index in [9.17, 15) is 23.6 Å². The second kappa shape index (κ2) is 9.51. The number of hydroxylamine groups is 3. The van der Waals surface area contributed by atoms with Gasteiger partial charge in [0.15, 0.2) is 0 Å². The molecule has 12 nitrogen and oxygen atoms in total. The van der Waals surface area contributed by atoms with E-state index >= 15 is 0 Å². The van der Waals surface area contributed by atoms with Crippen LogP contribution in [0.15, 0.2) is 11.6 Å². The fourth-order valence-electron chi connectivity index (χ4n) is 4.05. The molecule has 3 rings (SSSR count). The van der Waals surface area contributed by atoms with Gasteiger partial charge in [-0.1, -0.05) is 6.08 Å². The Morgan fingerprint density at radius 1 is 1.33 bits per heavy atom. The molecule has 2 bridgehead atoms. The Balaban J connectivity index is 1.55. The Kier molecular flexibility index (Phi) is 7.12. The number of carbonyl (C=O) groups excluding carboxylic acids is 3. The van der Waals surface area contributed by atoms with Crippen molar-refractivity contribution in [1.29, 1.82) is 0 Å². The smallest absolute Gasteiger partial charge is 0.410 e. The summed E-state index contributed by atoms with van der Waals surface area (Å²) in [6.45, 7) is 7.53. The lowest BCUT2D eigenvalue weighted by Crippen LogP contribution is -2.51. The number of alkyl halides is 1. The van der Waals surface area contributed by atoms with Crippen LogP contribution in [0, 0.1) is 0 Å². The molecule has 0 aromatic carbocycles. The summed E-state index contributed by atoms with van der Waals surface area (Å²) in [5, 5.41) is 9.30. The molecule has 0 spiro atoms. The first-order chi connectivity index (χ1) is 15.4. The van der Waals surface area contributed by atoms with Crippen molar-refractivity contribution < 1.29 is 43.1 Å². The van der Waals surface area contributed by atoms with Crippen molar-refractivity contribution in [2.24, 2.45) is 0 Å². The van der Waals surface area contributed by atoms with Crippen molar-refractivity contribution in [2.45, 2.75) is 70.6 Å². The number of hydrogen-bond acceptors (Lipinski definition) is 7. The van der Waals surface area contributed by atoms with Gasteiger partial charge in [0.05, 0.1) is 25.2 Å². The number of rotatable bonds is 7. The summed E-state index contributed by atoms with van der Waals surface area (Å²) < 4.78 is 18.9. The maximum Gasteiger partial charge on any atom is 0.410 e. The first-order valence-corrected chi connectivity index (χ1v) is 10.6. The van der Waals surface area contributed by atoms with Crippen LogP contribution in [-0.4, -0.2) is 93.8 Å². The van der Waals surface area contributed by atoms with E-state index in [4.69, 9.17) is 14.7 Å². The highest BCUT2D eigenvalue weighted by atomic mass is 19.1. The van der Waals surface area contributed by atoms with E-state index in [-0.39, 0.29) is 19.2 Å². The molecular weight excluding hydrogens is 443 g/mol. The van der Waals surface area contributed by atoms with Crippen molar-refractivity contribution in [3.63, 3.8) is 0 Å². The fourth-order valence-corrected chi connectivity index (χ4v) is 4.05. The molecule has 4 amide bonds. The zero-order chi connectivity index (χ0) is 24.5. The zero-order valence-electron chi connectivity index (χ0n) is 18.9. The van der Waals surface area contributed by atoms with Gasteiger partial charge < -0.3 is 19.6 Å². The molecule has 0 aromatic rings. The van der Waals surface area contributed by atoms with E-state index in [1.807, 2.05) is 0 Å². The third kappa shape index (κ3) is 5.53. The molecule has 2 N–H and O–H groups in total. The summed E-state index contributed by atoms with van der Waals surface area (Å²) in [7, 11) is 0. The minimum absolute atomic E-state index is 0.0235. The lowest BCUT2D eigenvalue weighted by Gasteiger charge is -2.30. The minimum Gasteiger partial charge on any atom is -0.477 e. The Bertz CT molecular complexity index is 844. The third-order valence-corrected chi connectivity index (χ3v) is 5.42. The number of carboxylic acids is 1. The number of urea groups is 1. The normalized spacial score (nSPS) is 25.7. The van der Waals surface area contributed by atoms with Crippen LogP contribution in [0.3, 0.4) is 0 Å². The monoisotopic (exact) mass is 472 g/mol. The average molecular weight is 472 g/mol. The molecule has 3 aliphatic heterocycles. The van der Waals surface area contributed by atoms with E-state index in [2.05, 4.69) is 10.3 Å². The lowest BCUT2D eigenvalue weighted by atomic mass is 10.0. The SMILES string of the molecule is CC1=C[C@@H]2CN(C(=O)N2O[C@@H](F)C(=O)O)C1C(=O)NOC[C@@H]1CCCN1C(=O)OC(C)(C)C. The van der Waals surface area contributed by atoms with Crippen molar-refractivity contribution >= 4 is 24.0 Å². The molecule has 0 radical (unpaired) electrons. The van der Waals surface area contributed by atoms with Gasteiger partial charge in [-0.05, 0) is 46.1 Å². The summed E-state index contributed by atoms with van der Waals surface area (Å²) in [4.78, 5) is 61.1. The number of fused-ring (bicyclic) bond motifs is 2. The molecule has 0 saturated carbocycles. The predicted molar refractivity (Wildman–Crippen MR) is 109 cm³/mol. The van der Waals surface area contributed by atoms with E-state index in [0.29, 0.717) is 23.6 Å². The highest BCUT2D eigenvalue weighted by molar-refractivity contribution is 5.91. The average Bonchev–Trinajstić information content (AvgIpc) is 3.26. The molecule has 33 heavy (non-hydrogen) atoms. The number of amides is 4. The quantitative estimate of drug-likeness (QED) is 0.416. The summed E-state index contributed by atoms with van der Waals surface area (Å²) in [6.07, 6.45) is -0.159. The van der Waals surface area contributed by atoms with Crippen LogP contribution in [0.2, 0.25) is 0 Å². The number of carboxylic acid groups (broad SMARTS) is 1. The lowest BCUT2D eigenvalue weighted by molar-refractivity contribution is -0.219. The Morgan fingerprint density at radius 2 is 2.03 bits per heavy atom. The maximum atomic E-state index is 13.5. The Morgan fingerprint density at radius 3 is 2.67 bits per heavy atom. The molecule has 13 heteroatoms. The van der Waals surface area contributed by atoms with E-state index < -0.39 is 48.0 Å². The number of ether oxygens (including phenoxy) is 1. The number of nitrogens with zero attached hydrogens (tertiary/aromatic N) is 3. The zero-order valence-corrected chi connectivity index (χ0v) is 18.9. The van der Waals surface area contributed by atoms with Crippen LogP contribution in [0.4, 0.5) is 14.0 Å². The molecule has 3 heterocycles. The third-order valence-electron chi connectivity index (χ3n) is 5.42. The molecule has 0 aromatic heterocycles. The van der Waals surface area contributed by atoms with Crippen molar-refractivity contribution in [2.75, 3.05) is 19.7 Å². The minimum atomic E-state index is -2.71. The van der Waals surface area contributed by atoms with E-state index in [1.165, 1.54) is 0 Å². The van der Waals surface area contributed by atoms with Crippen LogP contribution in [0.25, 0.3) is 0 Å². The Labute approximate surface area is 190 Å². The first kappa shape index (κ1) is 24.7. The molecule has 3 aliphatic rings. The van der Waals surface area contributed by atoms with Gasteiger partial charge in [0.2, 0.25) is 0 Å². The fraction of sp³-hybridized carbons (Fsp3) is 0.700. The molecule has 4 atom stereocenters. The van der Waals surface area contributed by atoms with Gasteiger partial charge in [0.1, 0.15) is 11.6 Å². The van der Waals surface area contributed by atoms with Crippen molar-refractivity contribution in [3.8, 4) is 0 Å². The number of nitrogens with one attached hydrogen (secondary N) is 1. The van der Waals surface area contributed by atoms with E-state index in [0.717, 1.165) is 11.3 Å². The van der Waals surface area contributed by atoms with Gasteiger partial charge in [0.25, 0.3) is 5.91 Å². The number of carbonyl (C=O) groups is 4. The molecule has 0 aliphatic carbocycles. The van der Waals surface area contributed by atoms with Gasteiger partial charge in [0, 0.05) is 6.54 Å². The summed E-state index contributed by atoms with van der Waals surface area (Å²) in [5.74, 6) is -2.50. The molecule has 184 valence electrons. The van der Waals surface area contributed by atoms with Crippen LogP contribution in [-0.2, 0) is 24.0 Å². The van der Waals surface area contributed by atoms with Gasteiger partial charge in [-0.25, -0.2) is 29.1 Å². The first-order valence-electron chi connectivity index (χ1n) is 10.6. The van der Waals surface area contributed by atoms with Gasteiger partial charge >= 0.3 is 24.5 Å². The second-order valence-electron chi connectivity index (χ2n) is 9.15. The highest BCUT2D eigenvalue weighted by Crippen LogP contribution is 2.30. The number of hydrogen-bond donors (Lipinski definition) is 2. The number of halogens is 1. The highest BCUT2D eigenvalue weighted by Gasteiger charge is 2.49. The van der Waals surface area contributed by atoms with Crippen LogP contribution in [0.1, 0.15) is 40.5 Å². The van der Waals surface area contributed by atoms with Crippen LogP contribution < -0.4 is 5.48 Å². The standard InChI is InChI=1S/C20H29FN4O8/c1-11-8-13-9-24(18(29)25(13)33-15(21)17(27)28)14(11)16(26)22-31-10-12-6-5-7-23(12)19(30)32-20(2,3)4/h8,12-15H,5-7,9-10H2,1-4H3,(H,22,26)(H,27,28)/t12-,13+,14?,15+/m0/s1. The summed E-state index contributed by atoms with van der Waals surface area (Å²) in [5.41, 5.74) is 2.18. The molecule has 2 saturated heterocycles. The van der Waals surface area contributed by atoms with Gasteiger partial charge in [-0.2, -0.15) is 5.06 Å². The molecule has 1 unspecified atom stereocenters. The van der Waals surface area contributed by atoms with Crippen LogP contribution in [0.5, 0.6) is 0 Å². The van der Waals surface area contributed by atoms with Crippen molar-refractivity contribution in [3.05, 3.63) is 11.6 Å².